The Balaban J connectivity index is 2.34. The summed E-state index contributed by atoms with van der Waals surface area (Å²) in [7, 11) is 0. The van der Waals surface area contributed by atoms with Crippen LogP contribution >= 0.6 is 11.3 Å². The number of aliphatic hydroxyl groups is 1. The van der Waals surface area contributed by atoms with Crippen LogP contribution in [-0.4, -0.2) is 36.2 Å². The van der Waals surface area contributed by atoms with Crippen LogP contribution < -0.4 is 16.8 Å². The number of thiophene rings is 1. The molecule has 0 saturated carbocycles. The maximum Gasteiger partial charge on any atom is 0.237 e. The van der Waals surface area contributed by atoms with Crippen LogP contribution in [0.5, 0.6) is 0 Å². The van der Waals surface area contributed by atoms with Crippen LogP contribution in [0.4, 0.5) is 0 Å². The number of carbonyl (C=O) groups is 1. The zero-order chi connectivity index (χ0) is 14.1. The summed E-state index contributed by atoms with van der Waals surface area (Å²) in [5, 5.41) is 14.0. The zero-order valence-electron chi connectivity index (χ0n) is 11.0. The quantitative estimate of drug-likeness (QED) is 0.488. The molecule has 0 aliphatic heterocycles. The molecule has 108 valence electrons. The molecule has 1 heterocycles. The van der Waals surface area contributed by atoms with E-state index in [9.17, 15) is 9.90 Å². The molecule has 2 atom stereocenters. The fourth-order valence-electron chi connectivity index (χ4n) is 1.79. The minimum atomic E-state index is -0.567. The molecular weight excluding hydrogens is 262 g/mol. The lowest BCUT2D eigenvalue weighted by molar-refractivity contribution is -0.123. The number of rotatable bonds is 9. The zero-order valence-corrected chi connectivity index (χ0v) is 11.9. The highest BCUT2D eigenvalue weighted by molar-refractivity contribution is 7.09. The molecule has 0 aromatic carbocycles. The fourth-order valence-corrected chi connectivity index (χ4v) is 2.56. The Morgan fingerprint density at radius 3 is 2.84 bits per heavy atom. The first-order chi connectivity index (χ1) is 9.17. The van der Waals surface area contributed by atoms with Crippen LogP contribution in [0, 0.1) is 0 Å². The Morgan fingerprint density at radius 1 is 1.47 bits per heavy atom. The van der Waals surface area contributed by atoms with E-state index < -0.39 is 6.04 Å². The van der Waals surface area contributed by atoms with E-state index in [0.29, 0.717) is 13.0 Å². The topological polar surface area (TPSA) is 101 Å². The van der Waals surface area contributed by atoms with Gasteiger partial charge in [-0.25, -0.2) is 0 Å². The Kier molecular flexibility index (Phi) is 7.66. The predicted molar refractivity (Wildman–Crippen MR) is 77.9 cm³/mol. The number of aliphatic hydroxyl groups excluding tert-OH is 1. The highest BCUT2D eigenvalue weighted by atomic mass is 32.1. The van der Waals surface area contributed by atoms with Crippen LogP contribution in [0.25, 0.3) is 0 Å². The molecular formula is C13H23N3O2S. The predicted octanol–water partition coefficient (Wildman–Crippen LogP) is 0.224. The summed E-state index contributed by atoms with van der Waals surface area (Å²) in [4.78, 5) is 13.0. The molecule has 1 rings (SSSR count). The van der Waals surface area contributed by atoms with Gasteiger partial charge in [0.05, 0.1) is 18.7 Å². The molecule has 0 bridgehead atoms. The van der Waals surface area contributed by atoms with E-state index in [0.717, 1.165) is 24.1 Å². The Hall–Kier alpha value is -0.950. The largest absolute Gasteiger partial charge is 0.394 e. The smallest absolute Gasteiger partial charge is 0.237 e. The molecule has 0 spiro atoms. The summed E-state index contributed by atoms with van der Waals surface area (Å²) >= 11 is 1.59. The van der Waals surface area contributed by atoms with Crippen LogP contribution in [-0.2, 0) is 11.2 Å². The maximum absolute atomic E-state index is 11.9. The minimum absolute atomic E-state index is 0.0674. The second-order valence-electron chi connectivity index (χ2n) is 4.56. The van der Waals surface area contributed by atoms with E-state index in [-0.39, 0.29) is 18.6 Å². The normalized spacial score (nSPS) is 14.1. The molecule has 0 saturated heterocycles. The summed E-state index contributed by atoms with van der Waals surface area (Å²) in [6, 6.07) is 3.10. The van der Waals surface area contributed by atoms with Gasteiger partial charge in [0.1, 0.15) is 0 Å². The highest BCUT2D eigenvalue weighted by Crippen LogP contribution is 2.10. The third kappa shape index (κ3) is 6.15. The summed E-state index contributed by atoms with van der Waals surface area (Å²) in [6.45, 7) is 0.562. The van der Waals surface area contributed by atoms with Gasteiger partial charge in [0.2, 0.25) is 5.91 Å². The number of unbranched alkanes of at least 4 members (excludes halogenated alkanes) is 1. The lowest BCUT2D eigenvalue weighted by Crippen LogP contribution is -2.47. The molecule has 1 aromatic rings. The van der Waals surface area contributed by atoms with Gasteiger partial charge in [-0.15, -0.1) is 11.3 Å². The Morgan fingerprint density at radius 2 is 2.26 bits per heavy atom. The minimum Gasteiger partial charge on any atom is -0.394 e. The van der Waals surface area contributed by atoms with Crippen molar-refractivity contribution in [3.05, 3.63) is 22.4 Å². The van der Waals surface area contributed by atoms with Crippen molar-refractivity contribution >= 4 is 17.2 Å². The van der Waals surface area contributed by atoms with Gasteiger partial charge in [-0.05, 0) is 30.8 Å². The van der Waals surface area contributed by atoms with E-state index in [1.54, 1.807) is 11.3 Å². The van der Waals surface area contributed by atoms with Crippen molar-refractivity contribution in [1.82, 2.24) is 5.32 Å². The lowest BCUT2D eigenvalue weighted by Gasteiger charge is -2.19. The number of amides is 1. The number of nitrogens with one attached hydrogen (secondary N) is 1. The van der Waals surface area contributed by atoms with Crippen molar-refractivity contribution in [1.29, 1.82) is 0 Å². The average molecular weight is 285 g/mol. The lowest BCUT2D eigenvalue weighted by atomic mass is 10.1. The monoisotopic (exact) mass is 285 g/mol. The number of carbonyl (C=O) groups excluding carboxylic acids is 1. The van der Waals surface area contributed by atoms with Gasteiger partial charge in [-0.3, -0.25) is 4.79 Å². The first-order valence-corrected chi connectivity index (χ1v) is 7.44. The van der Waals surface area contributed by atoms with Gasteiger partial charge in [0.15, 0.2) is 0 Å². The second kappa shape index (κ2) is 9.03. The molecule has 6 heteroatoms. The number of nitrogens with two attached hydrogens (primary N) is 2. The van der Waals surface area contributed by atoms with Gasteiger partial charge in [0, 0.05) is 11.3 Å². The van der Waals surface area contributed by atoms with Gasteiger partial charge in [0.25, 0.3) is 0 Å². The molecule has 0 aliphatic rings. The van der Waals surface area contributed by atoms with Gasteiger partial charge >= 0.3 is 0 Å². The molecule has 1 amide bonds. The van der Waals surface area contributed by atoms with E-state index in [1.807, 2.05) is 17.5 Å². The van der Waals surface area contributed by atoms with Crippen molar-refractivity contribution in [3.63, 3.8) is 0 Å². The fraction of sp³-hybridized carbons (Fsp3) is 0.615. The first-order valence-electron chi connectivity index (χ1n) is 6.56. The molecule has 0 unspecified atom stereocenters. The third-order valence-electron chi connectivity index (χ3n) is 2.91. The summed E-state index contributed by atoms with van der Waals surface area (Å²) in [6.07, 6.45) is 3.05. The molecule has 5 nitrogen and oxygen atoms in total. The molecule has 0 aliphatic carbocycles. The maximum atomic E-state index is 11.9. The van der Waals surface area contributed by atoms with Crippen molar-refractivity contribution in [2.45, 2.75) is 37.8 Å². The summed E-state index contributed by atoms with van der Waals surface area (Å²) in [5.74, 6) is -0.208. The number of hydrogen-bond donors (Lipinski definition) is 4. The number of hydrogen-bond acceptors (Lipinski definition) is 5. The Bertz CT molecular complexity index is 357. The average Bonchev–Trinajstić information content (AvgIpc) is 2.90. The van der Waals surface area contributed by atoms with Crippen molar-refractivity contribution in [3.8, 4) is 0 Å². The van der Waals surface area contributed by atoms with E-state index in [4.69, 9.17) is 11.5 Å². The van der Waals surface area contributed by atoms with Crippen LogP contribution in [0.15, 0.2) is 17.5 Å². The third-order valence-corrected chi connectivity index (χ3v) is 3.81. The molecule has 0 fully saturated rings. The van der Waals surface area contributed by atoms with Gasteiger partial charge in [-0.2, -0.15) is 0 Å². The van der Waals surface area contributed by atoms with Crippen molar-refractivity contribution in [2.24, 2.45) is 11.5 Å². The highest BCUT2D eigenvalue weighted by Gasteiger charge is 2.18. The van der Waals surface area contributed by atoms with E-state index in [2.05, 4.69) is 5.32 Å². The van der Waals surface area contributed by atoms with Crippen LogP contribution in [0.3, 0.4) is 0 Å². The second-order valence-corrected chi connectivity index (χ2v) is 5.59. The summed E-state index contributed by atoms with van der Waals surface area (Å²) < 4.78 is 0. The van der Waals surface area contributed by atoms with Gasteiger partial charge < -0.3 is 21.9 Å². The molecule has 19 heavy (non-hydrogen) atoms. The van der Waals surface area contributed by atoms with E-state index in [1.165, 1.54) is 0 Å². The molecule has 0 radical (unpaired) electrons. The van der Waals surface area contributed by atoms with Crippen LogP contribution in [0.1, 0.15) is 24.1 Å². The molecule has 1 aromatic heterocycles. The Labute approximate surface area is 118 Å². The van der Waals surface area contributed by atoms with Crippen LogP contribution in [0.2, 0.25) is 0 Å². The summed E-state index contributed by atoms with van der Waals surface area (Å²) in [5.41, 5.74) is 11.3. The van der Waals surface area contributed by atoms with E-state index >= 15 is 0 Å². The first kappa shape index (κ1) is 16.1. The standard InChI is InChI=1S/C13H23N3O2S/c14-6-2-1-4-10(9-17)16-13(18)12(15)8-11-5-3-7-19-11/h3,5,7,10,12,17H,1-2,4,6,8-9,14-15H2,(H,16,18)/t10-,12-/m0/s1. The van der Waals surface area contributed by atoms with Gasteiger partial charge in [-0.1, -0.05) is 12.5 Å². The molecule has 6 N–H and O–H groups in total. The SMILES string of the molecule is NCCCC[C@@H](CO)NC(=O)[C@@H](N)Cc1cccs1. The van der Waals surface area contributed by atoms with Crippen molar-refractivity contribution < 1.29 is 9.90 Å². The van der Waals surface area contributed by atoms with Crippen molar-refractivity contribution in [2.75, 3.05) is 13.2 Å².